The SMILES string of the molecule is CC1(C)C[C@H](NC(=S)Nc2ccccc2)C[C@](C)(CNC(=S)Nc2ccccc2)C1. The van der Waals surface area contributed by atoms with Crippen LogP contribution in [0.4, 0.5) is 11.4 Å². The van der Waals surface area contributed by atoms with Gasteiger partial charge >= 0.3 is 0 Å². The predicted molar refractivity (Wildman–Crippen MR) is 136 cm³/mol. The van der Waals surface area contributed by atoms with Crippen molar-refractivity contribution in [1.29, 1.82) is 0 Å². The summed E-state index contributed by atoms with van der Waals surface area (Å²) in [7, 11) is 0. The third-order valence-corrected chi connectivity index (χ3v) is 5.98. The molecule has 0 aromatic heterocycles. The lowest BCUT2D eigenvalue weighted by Crippen LogP contribution is -2.51. The van der Waals surface area contributed by atoms with Crippen LogP contribution in [0.25, 0.3) is 0 Å². The molecule has 30 heavy (non-hydrogen) atoms. The van der Waals surface area contributed by atoms with Gasteiger partial charge in [-0.2, -0.15) is 0 Å². The van der Waals surface area contributed by atoms with E-state index in [2.05, 4.69) is 42.0 Å². The lowest BCUT2D eigenvalue weighted by molar-refractivity contribution is 0.0807. The average molecular weight is 441 g/mol. The maximum absolute atomic E-state index is 5.58. The van der Waals surface area contributed by atoms with Crippen molar-refractivity contribution in [3.05, 3.63) is 60.7 Å². The summed E-state index contributed by atoms with van der Waals surface area (Å²) in [5, 5.41) is 14.9. The minimum atomic E-state index is 0.115. The van der Waals surface area contributed by atoms with Crippen molar-refractivity contribution < 1.29 is 0 Å². The van der Waals surface area contributed by atoms with Crippen molar-refractivity contribution in [2.75, 3.05) is 17.2 Å². The van der Waals surface area contributed by atoms with E-state index in [1.807, 2.05) is 60.7 Å². The van der Waals surface area contributed by atoms with E-state index >= 15 is 0 Å². The van der Waals surface area contributed by atoms with Crippen LogP contribution in [0.2, 0.25) is 0 Å². The van der Waals surface area contributed by atoms with E-state index in [1.54, 1.807) is 0 Å². The average Bonchev–Trinajstić information content (AvgIpc) is 2.66. The molecule has 4 nitrogen and oxygen atoms in total. The zero-order valence-corrected chi connectivity index (χ0v) is 19.6. The Labute approximate surface area is 191 Å². The molecule has 2 aromatic rings. The van der Waals surface area contributed by atoms with E-state index in [0.29, 0.717) is 16.3 Å². The van der Waals surface area contributed by atoms with Crippen LogP contribution in [0.3, 0.4) is 0 Å². The molecule has 6 heteroatoms. The Hall–Kier alpha value is -2.18. The number of para-hydroxylation sites is 2. The second-order valence-corrected chi connectivity index (χ2v) is 10.2. The second kappa shape index (κ2) is 9.75. The summed E-state index contributed by atoms with van der Waals surface area (Å²) in [5.41, 5.74) is 2.35. The third kappa shape index (κ3) is 6.96. The molecule has 1 aliphatic carbocycles. The molecule has 2 atom stereocenters. The van der Waals surface area contributed by atoms with Gasteiger partial charge in [0, 0.05) is 24.0 Å². The van der Waals surface area contributed by atoms with Crippen molar-refractivity contribution >= 4 is 46.0 Å². The fourth-order valence-electron chi connectivity index (χ4n) is 4.73. The van der Waals surface area contributed by atoms with Crippen LogP contribution in [0.5, 0.6) is 0 Å². The molecule has 0 unspecified atom stereocenters. The zero-order chi connectivity index (χ0) is 21.6. The van der Waals surface area contributed by atoms with Gasteiger partial charge in [-0.05, 0) is 78.8 Å². The van der Waals surface area contributed by atoms with Crippen molar-refractivity contribution in [3.8, 4) is 0 Å². The van der Waals surface area contributed by atoms with Gasteiger partial charge < -0.3 is 21.3 Å². The molecular formula is C24H32N4S2. The van der Waals surface area contributed by atoms with Crippen LogP contribution in [0.15, 0.2) is 60.7 Å². The maximum atomic E-state index is 5.58. The van der Waals surface area contributed by atoms with E-state index < -0.39 is 0 Å². The first-order chi connectivity index (χ1) is 14.2. The molecule has 4 N–H and O–H groups in total. The fraction of sp³-hybridized carbons (Fsp3) is 0.417. The molecule has 0 heterocycles. The van der Waals surface area contributed by atoms with Crippen LogP contribution >= 0.6 is 24.4 Å². The molecule has 160 valence electrons. The van der Waals surface area contributed by atoms with Crippen LogP contribution < -0.4 is 21.3 Å². The molecule has 0 aliphatic heterocycles. The van der Waals surface area contributed by atoms with E-state index in [0.717, 1.165) is 37.2 Å². The summed E-state index contributed by atoms with van der Waals surface area (Å²) in [6.45, 7) is 7.85. The van der Waals surface area contributed by atoms with Gasteiger partial charge in [-0.25, -0.2) is 0 Å². The summed E-state index contributed by atoms with van der Waals surface area (Å²) in [4.78, 5) is 0. The smallest absolute Gasteiger partial charge is 0.170 e. The van der Waals surface area contributed by atoms with E-state index in [1.165, 1.54) is 0 Å². The minimum absolute atomic E-state index is 0.115. The molecule has 0 bridgehead atoms. The Morgan fingerprint density at radius 3 is 1.93 bits per heavy atom. The molecule has 1 fully saturated rings. The van der Waals surface area contributed by atoms with Crippen molar-refractivity contribution in [3.63, 3.8) is 0 Å². The van der Waals surface area contributed by atoms with Gasteiger partial charge in [0.1, 0.15) is 0 Å². The Bertz CT molecular complexity index is 854. The fourth-order valence-corrected chi connectivity index (χ4v) is 5.21. The highest BCUT2D eigenvalue weighted by Crippen LogP contribution is 2.45. The van der Waals surface area contributed by atoms with Gasteiger partial charge in [-0.15, -0.1) is 0 Å². The third-order valence-electron chi connectivity index (χ3n) is 5.52. The molecule has 0 spiro atoms. The Morgan fingerprint density at radius 1 is 0.833 bits per heavy atom. The van der Waals surface area contributed by atoms with Crippen LogP contribution in [-0.4, -0.2) is 22.8 Å². The highest BCUT2D eigenvalue weighted by atomic mass is 32.1. The zero-order valence-electron chi connectivity index (χ0n) is 18.0. The van der Waals surface area contributed by atoms with E-state index in [-0.39, 0.29) is 10.8 Å². The lowest BCUT2D eigenvalue weighted by Gasteiger charge is -2.47. The first-order valence-electron chi connectivity index (χ1n) is 10.5. The summed E-state index contributed by atoms with van der Waals surface area (Å²) < 4.78 is 0. The van der Waals surface area contributed by atoms with Crippen molar-refractivity contribution in [1.82, 2.24) is 10.6 Å². The number of hydrogen-bond donors (Lipinski definition) is 4. The standard InChI is InChI=1S/C24H32N4S2/c1-23(2)14-20(28-22(30)27-19-12-8-5-9-13-19)15-24(3,16-23)17-25-21(29)26-18-10-6-4-7-11-18/h4-13,20H,14-17H2,1-3H3,(H2,25,26,29)(H2,27,28,30)/t20-,24-/m0/s1. The number of hydrogen-bond acceptors (Lipinski definition) is 2. The monoisotopic (exact) mass is 440 g/mol. The first kappa shape index (κ1) is 22.5. The van der Waals surface area contributed by atoms with Gasteiger partial charge in [0.25, 0.3) is 0 Å². The summed E-state index contributed by atoms with van der Waals surface area (Å²) in [6.07, 6.45) is 3.26. The van der Waals surface area contributed by atoms with Crippen LogP contribution in [-0.2, 0) is 0 Å². The second-order valence-electron chi connectivity index (χ2n) is 9.40. The van der Waals surface area contributed by atoms with E-state index in [4.69, 9.17) is 24.4 Å². The highest BCUT2D eigenvalue weighted by Gasteiger charge is 2.41. The van der Waals surface area contributed by atoms with Crippen molar-refractivity contribution in [2.45, 2.75) is 46.1 Å². The van der Waals surface area contributed by atoms with Crippen LogP contribution in [0, 0.1) is 10.8 Å². The van der Waals surface area contributed by atoms with Gasteiger partial charge in [0.05, 0.1) is 0 Å². The molecule has 3 rings (SSSR count). The topological polar surface area (TPSA) is 48.1 Å². The normalized spacial score (nSPS) is 22.6. The molecule has 0 radical (unpaired) electrons. The summed E-state index contributed by atoms with van der Waals surface area (Å²) in [5.74, 6) is 0. The van der Waals surface area contributed by atoms with Gasteiger partial charge in [-0.1, -0.05) is 57.2 Å². The summed E-state index contributed by atoms with van der Waals surface area (Å²) >= 11 is 11.1. The molecule has 2 aromatic carbocycles. The molecule has 0 saturated heterocycles. The molecule has 1 saturated carbocycles. The Morgan fingerprint density at radius 2 is 1.37 bits per heavy atom. The van der Waals surface area contributed by atoms with Crippen LogP contribution in [0.1, 0.15) is 40.0 Å². The van der Waals surface area contributed by atoms with Gasteiger partial charge in [0.15, 0.2) is 10.2 Å². The number of thiocarbonyl (C=S) groups is 2. The molecule has 1 aliphatic rings. The predicted octanol–water partition coefficient (Wildman–Crippen LogP) is 5.54. The number of rotatable bonds is 5. The quantitative estimate of drug-likeness (QED) is 0.458. The minimum Gasteiger partial charge on any atom is -0.362 e. The highest BCUT2D eigenvalue weighted by molar-refractivity contribution is 7.80. The Balaban J connectivity index is 1.56. The summed E-state index contributed by atoms with van der Waals surface area (Å²) in [6, 6.07) is 20.4. The Kier molecular flexibility index (Phi) is 7.32. The number of nitrogens with one attached hydrogen (secondary N) is 4. The number of anilines is 2. The number of benzene rings is 2. The molecule has 0 amide bonds. The molecular weight excluding hydrogens is 408 g/mol. The maximum Gasteiger partial charge on any atom is 0.170 e. The van der Waals surface area contributed by atoms with E-state index in [9.17, 15) is 0 Å². The van der Waals surface area contributed by atoms with Crippen molar-refractivity contribution in [2.24, 2.45) is 10.8 Å². The van der Waals surface area contributed by atoms with Gasteiger partial charge in [-0.3, -0.25) is 0 Å². The largest absolute Gasteiger partial charge is 0.362 e. The first-order valence-corrected chi connectivity index (χ1v) is 11.3. The lowest BCUT2D eigenvalue weighted by atomic mass is 9.62. The van der Waals surface area contributed by atoms with Gasteiger partial charge in [0.2, 0.25) is 0 Å².